The third-order valence-electron chi connectivity index (χ3n) is 7.86. The Labute approximate surface area is 188 Å². The number of ether oxygens (including phenoxy) is 1. The average Bonchev–Trinajstić information content (AvgIpc) is 3.49. The van der Waals surface area contributed by atoms with E-state index in [0.29, 0.717) is 23.7 Å². The summed E-state index contributed by atoms with van der Waals surface area (Å²) < 4.78 is 4.95. The number of esters is 1. The molecule has 1 atom stereocenters. The van der Waals surface area contributed by atoms with Gasteiger partial charge in [0.2, 0.25) is 0 Å². The van der Waals surface area contributed by atoms with Gasteiger partial charge in [0.25, 0.3) is 5.91 Å². The molecule has 0 bridgehead atoms. The number of nitrogens with zero attached hydrogens (tertiary/aromatic N) is 3. The van der Waals surface area contributed by atoms with Gasteiger partial charge in [0.15, 0.2) is 0 Å². The first-order chi connectivity index (χ1) is 15.3. The second-order valence-corrected chi connectivity index (χ2v) is 10.3. The second kappa shape index (κ2) is 7.29. The normalized spacial score (nSPS) is 28.3. The van der Waals surface area contributed by atoms with Gasteiger partial charge in [-0.1, -0.05) is 26.0 Å². The van der Waals surface area contributed by atoms with E-state index >= 15 is 0 Å². The molecular formula is C25H30N4O3. The Balaban J connectivity index is 1.31. The number of fused-ring (bicyclic) bond motifs is 1. The van der Waals surface area contributed by atoms with Crippen molar-refractivity contribution in [2.45, 2.75) is 57.3 Å². The standard InChI is InChI=1S/C25H30N4O3/c1-24(2)13-29(22(30)19-20(24)27-14-28-21(19)26)17-6-4-15(5-7-17)16-8-10-25(11-9-16)12-18(25)23(31)32-3/h4-7,14,16,18H,8-13H2,1-3H3,(H2,26,27,28). The van der Waals surface area contributed by atoms with Crippen LogP contribution in [0.4, 0.5) is 11.5 Å². The van der Waals surface area contributed by atoms with E-state index in [1.165, 1.54) is 19.0 Å². The van der Waals surface area contributed by atoms with Gasteiger partial charge in [0, 0.05) is 17.6 Å². The van der Waals surface area contributed by atoms with Crippen LogP contribution in [-0.4, -0.2) is 35.5 Å². The first kappa shape index (κ1) is 20.9. The van der Waals surface area contributed by atoms with Crippen LogP contribution in [0.5, 0.6) is 0 Å². The van der Waals surface area contributed by atoms with E-state index < -0.39 is 0 Å². The SMILES string of the molecule is COC(=O)C1CC12CCC(c1ccc(N3CC(C)(C)c4ncnc(N)c4C3=O)cc1)CC2. The highest BCUT2D eigenvalue weighted by Crippen LogP contribution is 2.63. The first-order valence-electron chi connectivity index (χ1n) is 11.4. The lowest BCUT2D eigenvalue weighted by molar-refractivity contribution is -0.143. The summed E-state index contributed by atoms with van der Waals surface area (Å²) in [6.45, 7) is 4.68. The monoisotopic (exact) mass is 434 g/mol. The third kappa shape index (κ3) is 3.26. The smallest absolute Gasteiger partial charge is 0.309 e. The number of amides is 1. The minimum absolute atomic E-state index is 0.0467. The Bertz CT molecular complexity index is 1070. The lowest BCUT2D eigenvalue weighted by Gasteiger charge is -2.38. The summed E-state index contributed by atoms with van der Waals surface area (Å²) in [5.74, 6) is 0.633. The molecule has 7 heteroatoms. The van der Waals surface area contributed by atoms with Crippen molar-refractivity contribution >= 4 is 23.4 Å². The van der Waals surface area contributed by atoms with Crippen LogP contribution in [0.1, 0.15) is 73.5 Å². The van der Waals surface area contributed by atoms with E-state index in [9.17, 15) is 9.59 Å². The quantitative estimate of drug-likeness (QED) is 0.737. The highest BCUT2D eigenvalue weighted by atomic mass is 16.5. The van der Waals surface area contributed by atoms with Gasteiger partial charge >= 0.3 is 5.97 Å². The maximum Gasteiger partial charge on any atom is 0.309 e. The summed E-state index contributed by atoms with van der Waals surface area (Å²) in [7, 11) is 1.48. The zero-order valence-electron chi connectivity index (χ0n) is 18.9. The highest BCUT2D eigenvalue weighted by Gasteiger charge is 2.59. The van der Waals surface area contributed by atoms with Crippen molar-refractivity contribution in [2.75, 3.05) is 24.3 Å². The number of carbonyl (C=O) groups excluding carboxylic acids is 2. The van der Waals surface area contributed by atoms with Crippen LogP contribution in [0.2, 0.25) is 0 Å². The van der Waals surface area contributed by atoms with Crippen LogP contribution in [0.15, 0.2) is 30.6 Å². The molecule has 2 fully saturated rings. The fourth-order valence-corrected chi connectivity index (χ4v) is 5.84. The average molecular weight is 435 g/mol. The topological polar surface area (TPSA) is 98.4 Å². The fourth-order valence-electron chi connectivity index (χ4n) is 5.84. The molecule has 32 heavy (non-hydrogen) atoms. The number of hydrogen-bond acceptors (Lipinski definition) is 6. The highest BCUT2D eigenvalue weighted by molar-refractivity contribution is 6.11. The predicted molar refractivity (Wildman–Crippen MR) is 121 cm³/mol. The molecule has 5 rings (SSSR count). The van der Waals surface area contributed by atoms with Gasteiger partial charge < -0.3 is 15.4 Å². The van der Waals surface area contributed by atoms with E-state index in [2.05, 4.69) is 35.9 Å². The number of nitrogen functional groups attached to an aromatic ring is 1. The van der Waals surface area contributed by atoms with Crippen LogP contribution in [0, 0.1) is 11.3 Å². The number of benzene rings is 1. The van der Waals surface area contributed by atoms with Crippen LogP contribution in [0.25, 0.3) is 0 Å². The summed E-state index contributed by atoms with van der Waals surface area (Å²) in [6, 6.07) is 8.35. The molecule has 1 aromatic carbocycles. The van der Waals surface area contributed by atoms with Crippen molar-refractivity contribution < 1.29 is 14.3 Å². The maximum absolute atomic E-state index is 13.2. The number of anilines is 2. The Morgan fingerprint density at radius 1 is 1.16 bits per heavy atom. The molecule has 7 nitrogen and oxygen atoms in total. The van der Waals surface area contributed by atoms with E-state index in [0.717, 1.165) is 37.8 Å². The number of carbonyl (C=O) groups is 2. The Kier molecular flexibility index (Phi) is 4.76. The number of aromatic nitrogens is 2. The van der Waals surface area contributed by atoms with Crippen molar-refractivity contribution in [2.24, 2.45) is 11.3 Å². The van der Waals surface area contributed by atoms with Crippen molar-refractivity contribution in [1.29, 1.82) is 0 Å². The van der Waals surface area contributed by atoms with Gasteiger partial charge in [0.1, 0.15) is 17.7 Å². The van der Waals surface area contributed by atoms with Crippen LogP contribution in [-0.2, 0) is 14.9 Å². The van der Waals surface area contributed by atoms with Crippen molar-refractivity contribution in [3.63, 3.8) is 0 Å². The van der Waals surface area contributed by atoms with Gasteiger partial charge in [-0.2, -0.15) is 0 Å². The van der Waals surface area contributed by atoms with E-state index in [1.807, 2.05) is 12.1 Å². The molecule has 2 aliphatic carbocycles. The van der Waals surface area contributed by atoms with Gasteiger partial charge in [-0.05, 0) is 61.1 Å². The lowest BCUT2D eigenvalue weighted by Crippen LogP contribution is -2.48. The molecule has 1 unspecified atom stereocenters. The second-order valence-electron chi connectivity index (χ2n) is 10.3. The van der Waals surface area contributed by atoms with Crippen molar-refractivity contribution in [3.8, 4) is 0 Å². The Morgan fingerprint density at radius 2 is 1.84 bits per heavy atom. The molecule has 2 saturated carbocycles. The first-order valence-corrected chi connectivity index (χ1v) is 11.4. The molecule has 0 radical (unpaired) electrons. The van der Waals surface area contributed by atoms with Crippen molar-refractivity contribution in [3.05, 3.63) is 47.4 Å². The lowest BCUT2D eigenvalue weighted by atomic mass is 9.75. The minimum Gasteiger partial charge on any atom is -0.469 e. The molecule has 1 amide bonds. The molecular weight excluding hydrogens is 404 g/mol. The zero-order chi connectivity index (χ0) is 22.7. The van der Waals surface area contributed by atoms with E-state index in [-0.39, 0.29) is 34.4 Å². The molecule has 0 saturated heterocycles. The van der Waals surface area contributed by atoms with E-state index in [1.54, 1.807) is 4.90 Å². The molecule has 2 N–H and O–H groups in total. The largest absolute Gasteiger partial charge is 0.469 e. The van der Waals surface area contributed by atoms with Gasteiger partial charge in [-0.25, -0.2) is 9.97 Å². The van der Waals surface area contributed by atoms with Gasteiger partial charge in [-0.15, -0.1) is 0 Å². The fraction of sp³-hybridized carbons (Fsp3) is 0.520. The Hall–Kier alpha value is -2.96. The molecule has 168 valence electrons. The molecule has 2 heterocycles. The predicted octanol–water partition coefficient (Wildman–Crippen LogP) is 3.83. The van der Waals surface area contributed by atoms with Crippen LogP contribution < -0.4 is 10.6 Å². The molecule has 1 aliphatic heterocycles. The summed E-state index contributed by atoms with van der Waals surface area (Å²) in [6.07, 6.45) is 6.74. The van der Waals surface area contributed by atoms with E-state index in [4.69, 9.17) is 10.5 Å². The number of rotatable bonds is 3. The number of methoxy groups -OCH3 is 1. The van der Waals surface area contributed by atoms with Crippen molar-refractivity contribution in [1.82, 2.24) is 9.97 Å². The summed E-state index contributed by atoms with van der Waals surface area (Å²) >= 11 is 0. The molecule has 1 aromatic heterocycles. The molecule has 2 aromatic rings. The minimum atomic E-state index is -0.322. The summed E-state index contributed by atoms with van der Waals surface area (Å²) in [5.41, 5.74) is 9.20. The number of hydrogen-bond donors (Lipinski definition) is 1. The molecule has 1 spiro atoms. The van der Waals surface area contributed by atoms with Gasteiger partial charge in [-0.3, -0.25) is 9.59 Å². The number of nitrogens with two attached hydrogens (primary N) is 1. The summed E-state index contributed by atoms with van der Waals surface area (Å²) in [5, 5.41) is 0. The molecule has 3 aliphatic rings. The zero-order valence-corrected chi connectivity index (χ0v) is 18.9. The third-order valence-corrected chi connectivity index (χ3v) is 7.86. The Morgan fingerprint density at radius 3 is 2.50 bits per heavy atom. The van der Waals surface area contributed by atoms with Gasteiger partial charge in [0.05, 0.1) is 18.7 Å². The maximum atomic E-state index is 13.2. The summed E-state index contributed by atoms with van der Waals surface area (Å²) in [4.78, 5) is 35.3. The van der Waals surface area contributed by atoms with Crippen LogP contribution >= 0.6 is 0 Å². The van der Waals surface area contributed by atoms with Crippen LogP contribution in [0.3, 0.4) is 0 Å².